The van der Waals surface area contributed by atoms with Gasteiger partial charge >= 0.3 is 0 Å². The first-order valence-corrected chi connectivity index (χ1v) is 12.4. The van der Waals surface area contributed by atoms with Gasteiger partial charge < -0.3 is 20.1 Å². The zero-order chi connectivity index (χ0) is 25.8. The number of aryl methyl sites for hydroxylation is 1. The number of fused-ring (bicyclic) bond motifs is 3. The molecule has 0 bridgehead atoms. The maximum Gasteiger partial charge on any atom is 0.123 e. The van der Waals surface area contributed by atoms with Crippen molar-refractivity contribution in [3.8, 4) is 22.4 Å². The molecule has 6 heteroatoms. The van der Waals surface area contributed by atoms with Crippen LogP contribution in [0.5, 0.6) is 0 Å². The summed E-state index contributed by atoms with van der Waals surface area (Å²) in [5.74, 6) is -1.62. The van der Waals surface area contributed by atoms with Crippen LogP contribution in [0.3, 0.4) is 0 Å². The van der Waals surface area contributed by atoms with Crippen LogP contribution in [-0.4, -0.2) is 33.4 Å². The Kier molecular flexibility index (Phi) is 7.97. The third-order valence-electron chi connectivity index (χ3n) is 6.59. The van der Waals surface area contributed by atoms with Crippen molar-refractivity contribution in [1.82, 2.24) is 4.98 Å². The molecule has 1 heterocycles. The van der Waals surface area contributed by atoms with E-state index in [0.29, 0.717) is 0 Å². The molecular weight excluding hydrogens is 457 g/mol. The molecule has 1 aliphatic rings. The first-order chi connectivity index (χ1) is 17.2. The standard InChI is InChI=1S/C30H32FNO4/c1-18(2)29-26(15-14-22(33)16-23(34)17-27(35)36)28(20-10-12-21(31)13-11-20)25-9-5-7-19-6-3-4-8-24(19)30(25)32-29/h3-4,6,8,10-15,18,22-23,33-34H,5,7,9,16-17H2,1-2H3,(H,35,36)/p-1/b15-14+/t22-,23-/m1/s1. The Labute approximate surface area is 211 Å². The average Bonchev–Trinajstić information content (AvgIpc) is 3.01. The molecule has 36 heavy (non-hydrogen) atoms. The van der Waals surface area contributed by atoms with Crippen LogP contribution in [0.4, 0.5) is 4.39 Å². The molecule has 0 saturated carbocycles. The molecule has 5 nitrogen and oxygen atoms in total. The fraction of sp³-hybridized carbons (Fsp3) is 0.333. The highest BCUT2D eigenvalue weighted by atomic mass is 19.1. The number of aliphatic hydroxyl groups is 2. The maximum absolute atomic E-state index is 13.8. The highest BCUT2D eigenvalue weighted by Gasteiger charge is 2.25. The lowest BCUT2D eigenvalue weighted by Gasteiger charge is -2.22. The number of halogens is 1. The largest absolute Gasteiger partial charge is 0.550 e. The molecule has 188 valence electrons. The van der Waals surface area contributed by atoms with E-state index in [1.807, 2.05) is 12.1 Å². The number of hydrogen-bond donors (Lipinski definition) is 2. The Morgan fingerprint density at radius 1 is 1.11 bits per heavy atom. The van der Waals surface area contributed by atoms with E-state index >= 15 is 0 Å². The maximum atomic E-state index is 13.8. The molecule has 0 fully saturated rings. The van der Waals surface area contributed by atoms with Crippen molar-refractivity contribution in [2.24, 2.45) is 0 Å². The van der Waals surface area contributed by atoms with Crippen molar-refractivity contribution in [2.45, 2.75) is 64.1 Å². The number of aliphatic hydroxyl groups excluding tert-OH is 2. The van der Waals surface area contributed by atoms with Crippen molar-refractivity contribution in [2.75, 3.05) is 0 Å². The summed E-state index contributed by atoms with van der Waals surface area (Å²) >= 11 is 0. The molecular formula is C30H31FNO4-. The summed E-state index contributed by atoms with van der Waals surface area (Å²) in [4.78, 5) is 15.9. The second-order valence-corrected chi connectivity index (χ2v) is 9.68. The van der Waals surface area contributed by atoms with Crippen molar-refractivity contribution in [3.05, 3.63) is 82.8 Å². The third kappa shape index (κ3) is 5.72. The fourth-order valence-electron chi connectivity index (χ4n) is 4.94. The summed E-state index contributed by atoms with van der Waals surface area (Å²) in [6, 6.07) is 14.7. The van der Waals surface area contributed by atoms with E-state index in [9.17, 15) is 24.5 Å². The lowest BCUT2D eigenvalue weighted by molar-refractivity contribution is -0.307. The first-order valence-electron chi connectivity index (χ1n) is 12.4. The number of carbonyl (C=O) groups excluding carboxylic acids is 1. The average molecular weight is 489 g/mol. The quantitative estimate of drug-likeness (QED) is 0.489. The normalized spacial score (nSPS) is 14.8. The number of benzene rings is 2. The van der Waals surface area contributed by atoms with Gasteiger partial charge in [0.1, 0.15) is 5.82 Å². The van der Waals surface area contributed by atoms with E-state index in [1.54, 1.807) is 24.3 Å². The van der Waals surface area contributed by atoms with Gasteiger partial charge in [-0.1, -0.05) is 62.4 Å². The number of carboxylic acid groups (broad SMARTS) is 1. The predicted molar refractivity (Wildman–Crippen MR) is 136 cm³/mol. The van der Waals surface area contributed by atoms with Crippen LogP contribution >= 0.6 is 0 Å². The molecule has 0 amide bonds. The highest BCUT2D eigenvalue weighted by Crippen LogP contribution is 2.42. The molecule has 0 radical (unpaired) electrons. The summed E-state index contributed by atoms with van der Waals surface area (Å²) in [7, 11) is 0. The fourth-order valence-corrected chi connectivity index (χ4v) is 4.94. The van der Waals surface area contributed by atoms with E-state index < -0.39 is 24.6 Å². The number of carboxylic acids is 1. The molecule has 0 aliphatic heterocycles. The van der Waals surface area contributed by atoms with Crippen LogP contribution in [0.1, 0.15) is 61.4 Å². The second-order valence-electron chi connectivity index (χ2n) is 9.68. The van der Waals surface area contributed by atoms with Crippen molar-refractivity contribution >= 4 is 12.0 Å². The second kappa shape index (κ2) is 11.1. The lowest BCUT2D eigenvalue weighted by atomic mass is 9.86. The van der Waals surface area contributed by atoms with Crippen molar-refractivity contribution in [1.29, 1.82) is 0 Å². The molecule has 2 N–H and O–H groups in total. The zero-order valence-electron chi connectivity index (χ0n) is 20.6. The van der Waals surface area contributed by atoms with Crippen molar-refractivity contribution in [3.63, 3.8) is 0 Å². The number of aromatic nitrogens is 1. The summed E-state index contributed by atoms with van der Waals surface area (Å²) < 4.78 is 13.8. The third-order valence-corrected chi connectivity index (χ3v) is 6.59. The Morgan fingerprint density at radius 3 is 2.53 bits per heavy atom. The number of pyridine rings is 1. The van der Waals surface area contributed by atoms with Gasteiger partial charge in [0.25, 0.3) is 0 Å². The minimum atomic E-state index is -1.37. The smallest absolute Gasteiger partial charge is 0.123 e. The minimum absolute atomic E-state index is 0.0605. The molecule has 0 unspecified atom stereocenters. The van der Waals surface area contributed by atoms with E-state index in [1.165, 1.54) is 17.7 Å². The van der Waals surface area contributed by atoms with Crippen LogP contribution in [0.25, 0.3) is 28.5 Å². The van der Waals surface area contributed by atoms with Gasteiger partial charge in [-0.05, 0) is 59.6 Å². The summed E-state index contributed by atoms with van der Waals surface area (Å²) in [5.41, 5.74) is 7.89. The zero-order valence-corrected chi connectivity index (χ0v) is 20.6. The molecule has 2 aromatic carbocycles. The minimum Gasteiger partial charge on any atom is -0.550 e. The van der Waals surface area contributed by atoms with Crippen LogP contribution in [-0.2, 0) is 17.6 Å². The van der Waals surface area contributed by atoms with E-state index in [-0.39, 0.29) is 18.2 Å². The molecule has 3 aromatic rings. The number of carbonyl (C=O) groups is 1. The highest BCUT2D eigenvalue weighted by molar-refractivity contribution is 5.85. The van der Waals surface area contributed by atoms with E-state index in [4.69, 9.17) is 4.98 Å². The number of aliphatic carboxylic acids is 1. The first kappa shape index (κ1) is 25.7. The summed E-state index contributed by atoms with van der Waals surface area (Å²) in [6.45, 7) is 4.12. The van der Waals surface area contributed by atoms with Crippen LogP contribution in [0, 0.1) is 5.82 Å². The van der Waals surface area contributed by atoms with E-state index in [0.717, 1.165) is 58.5 Å². The van der Waals surface area contributed by atoms with E-state index in [2.05, 4.69) is 26.0 Å². The molecule has 1 aliphatic carbocycles. The van der Waals surface area contributed by atoms with Gasteiger partial charge in [-0.2, -0.15) is 0 Å². The monoisotopic (exact) mass is 488 g/mol. The van der Waals surface area contributed by atoms with Crippen LogP contribution in [0.2, 0.25) is 0 Å². The molecule has 0 spiro atoms. The Bertz CT molecular complexity index is 1270. The molecule has 4 rings (SSSR count). The Balaban J connectivity index is 1.90. The number of rotatable bonds is 8. The van der Waals surface area contributed by atoms with Gasteiger partial charge in [0, 0.05) is 29.9 Å². The lowest BCUT2D eigenvalue weighted by Crippen LogP contribution is -2.29. The Morgan fingerprint density at radius 2 is 1.83 bits per heavy atom. The van der Waals surface area contributed by atoms with Gasteiger partial charge in [-0.3, -0.25) is 4.98 Å². The van der Waals surface area contributed by atoms with Gasteiger partial charge in [-0.25, -0.2) is 4.39 Å². The van der Waals surface area contributed by atoms with Crippen LogP contribution in [0.15, 0.2) is 54.6 Å². The van der Waals surface area contributed by atoms with Gasteiger partial charge in [0.15, 0.2) is 0 Å². The van der Waals surface area contributed by atoms with Crippen LogP contribution < -0.4 is 5.11 Å². The summed E-state index contributed by atoms with van der Waals surface area (Å²) in [6.07, 6.45) is 3.12. The van der Waals surface area contributed by atoms with Gasteiger partial charge in [0.05, 0.1) is 23.6 Å². The molecule has 2 atom stereocenters. The number of nitrogens with zero attached hydrogens (tertiary/aromatic N) is 1. The van der Waals surface area contributed by atoms with Crippen molar-refractivity contribution < 1.29 is 24.5 Å². The summed E-state index contributed by atoms with van der Waals surface area (Å²) in [5, 5.41) is 31.2. The van der Waals surface area contributed by atoms with Gasteiger partial charge in [0.2, 0.25) is 0 Å². The predicted octanol–water partition coefficient (Wildman–Crippen LogP) is 4.43. The SMILES string of the molecule is CC(C)c1nc2c(c(-c3ccc(F)cc3)c1/C=C/[C@@H](O)C[C@@H](O)CC(=O)[O-])CCCc1ccccc1-2. The Hall–Kier alpha value is -3.35. The molecule has 1 aromatic heterocycles. The molecule has 0 saturated heterocycles. The number of hydrogen-bond acceptors (Lipinski definition) is 5. The van der Waals surface area contributed by atoms with Gasteiger partial charge in [-0.15, -0.1) is 0 Å². The topological polar surface area (TPSA) is 93.5 Å².